The molecule has 1 aromatic carbocycles. The molecule has 1 saturated heterocycles. The van der Waals surface area contributed by atoms with Crippen molar-refractivity contribution >= 4 is 23.3 Å². The van der Waals surface area contributed by atoms with Crippen molar-refractivity contribution in [2.45, 2.75) is 51.2 Å². The molecule has 2 aromatic rings. The summed E-state index contributed by atoms with van der Waals surface area (Å²) in [4.78, 5) is 15.9. The molecule has 0 radical (unpaired) electrons. The number of carbonyl (C=O) groups is 1. The summed E-state index contributed by atoms with van der Waals surface area (Å²) in [6, 6.07) is 11.6. The maximum absolute atomic E-state index is 10.8. The molecule has 2 N–H and O–H groups in total. The summed E-state index contributed by atoms with van der Waals surface area (Å²) in [5, 5.41) is 4.39. The zero-order valence-electron chi connectivity index (χ0n) is 16.2. The number of carbonyl (C=O) groups excluding carboxylic acids is 1. The van der Waals surface area contributed by atoms with E-state index in [2.05, 4.69) is 57.8 Å². The van der Waals surface area contributed by atoms with Gasteiger partial charge in [0, 0.05) is 43.8 Å². The molecule has 1 atom stereocenters. The highest BCUT2D eigenvalue weighted by molar-refractivity contribution is 7.07. The Morgan fingerprint density at radius 2 is 1.96 bits per heavy atom. The highest BCUT2D eigenvalue weighted by atomic mass is 32.1. The van der Waals surface area contributed by atoms with E-state index in [-0.39, 0.29) is 6.04 Å². The Balaban J connectivity index is 1.68. The number of piperidine rings is 1. The second-order valence-electron chi connectivity index (χ2n) is 7.64. The Morgan fingerprint density at radius 1 is 1.22 bits per heavy atom. The number of hydrogen-bond donors (Lipinski definition) is 1. The van der Waals surface area contributed by atoms with Gasteiger partial charge in [0.15, 0.2) is 0 Å². The van der Waals surface area contributed by atoms with Crippen molar-refractivity contribution in [3.8, 4) is 0 Å². The SMILES string of the molecule is C[C@@H](N)CCN1CCC(N(Cc2ccsc2)c2ccc(CC=O)cc2)CC1. The van der Waals surface area contributed by atoms with E-state index in [4.69, 9.17) is 5.73 Å². The maximum Gasteiger partial charge on any atom is 0.124 e. The number of benzene rings is 1. The Labute approximate surface area is 167 Å². The lowest BCUT2D eigenvalue weighted by Crippen LogP contribution is -2.45. The highest BCUT2D eigenvalue weighted by Crippen LogP contribution is 2.27. The van der Waals surface area contributed by atoms with Crippen LogP contribution in [0.25, 0.3) is 0 Å². The minimum Gasteiger partial charge on any atom is -0.364 e. The van der Waals surface area contributed by atoms with Crippen LogP contribution in [0.4, 0.5) is 5.69 Å². The fourth-order valence-electron chi connectivity index (χ4n) is 3.77. The van der Waals surface area contributed by atoms with Crippen molar-refractivity contribution in [2.24, 2.45) is 5.73 Å². The van der Waals surface area contributed by atoms with E-state index in [1.165, 1.54) is 24.1 Å². The van der Waals surface area contributed by atoms with Gasteiger partial charge in [-0.3, -0.25) is 0 Å². The van der Waals surface area contributed by atoms with Crippen LogP contribution in [-0.4, -0.2) is 42.9 Å². The summed E-state index contributed by atoms with van der Waals surface area (Å²) in [5.74, 6) is 0. The van der Waals surface area contributed by atoms with Gasteiger partial charge in [0.1, 0.15) is 6.29 Å². The highest BCUT2D eigenvalue weighted by Gasteiger charge is 2.25. The lowest BCUT2D eigenvalue weighted by Gasteiger charge is -2.40. The fraction of sp³-hybridized carbons (Fsp3) is 0.500. The molecule has 5 heteroatoms. The largest absolute Gasteiger partial charge is 0.364 e. The van der Waals surface area contributed by atoms with Crippen LogP contribution < -0.4 is 10.6 Å². The Morgan fingerprint density at radius 3 is 2.56 bits per heavy atom. The molecule has 1 aliphatic heterocycles. The number of aldehydes is 1. The Kier molecular flexibility index (Phi) is 7.44. The molecular formula is C22H31N3OS. The van der Waals surface area contributed by atoms with Gasteiger partial charge in [-0.1, -0.05) is 12.1 Å². The van der Waals surface area contributed by atoms with Gasteiger partial charge in [-0.05, 0) is 72.8 Å². The predicted octanol–water partition coefficient (Wildman–Crippen LogP) is 3.70. The van der Waals surface area contributed by atoms with Gasteiger partial charge >= 0.3 is 0 Å². The van der Waals surface area contributed by atoms with Crippen molar-refractivity contribution in [1.82, 2.24) is 4.90 Å². The van der Waals surface area contributed by atoms with Crippen molar-refractivity contribution in [3.63, 3.8) is 0 Å². The third kappa shape index (κ3) is 5.89. The van der Waals surface area contributed by atoms with Crippen molar-refractivity contribution in [2.75, 3.05) is 24.5 Å². The van der Waals surface area contributed by atoms with Crippen LogP contribution in [0, 0.1) is 0 Å². The minimum absolute atomic E-state index is 0.280. The summed E-state index contributed by atoms with van der Waals surface area (Å²) in [6.07, 6.45) is 4.89. The number of nitrogens with zero attached hydrogens (tertiary/aromatic N) is 2. The van der Waals surface area contributed by atoms with Crippen LogP contribution in [0.1, 0.15) is 37.3 Å². The Hall–Kier alpha value is -1.69. The molecule has 1 aliphatic rings. The molecular weight excluding hydrogens is 354 g/mol. The Bertz CT molecular complexity index is 676. The summed E-state index contributed by atoms with van der Waals surface area (Å²) in [6.45, 7) is 6.42. The molecule has 1 aromatic heterocycles. The molecule has 1 fully saturated rings. The first-order valence-electron chi connectivity index (χ1n) is 9.94. The molecule has 0 saturated carbocycles. The minimum atomic E-state index is 0.280. The monoisotopic (exact) mass is 385 g/mol. The van der Waals surface area contributed by atoms with Gasteiger partial charge in [-0.2, -0.15) is 11.3 Å². The summed E-state index contributed by atoms with van der Waals surface area (Å²) >= 11 is 1.76. The number of nitrogens with two attached hydrogens (primary N) is 1. The quantitative estimate of drug-likeness (QED) is 0.669. The van der Waals surface area contributed by atoms with Crippen LogP contribution in [0.5, 0.6) is 0 Å². The molecule has 0 aliphatic carbocycles. The molecule has 0 bridgehead atoms. The average molecular weight is 386 g/mol. The van der Waals surface area contributed by atoms with Crippen LogP contribution in [-0.2, 0) is 17.8 Å². The summed E-state index contributed by atoms with van der Waals surface area (Å²) in [5.41, 5.74) is 9.62. The van der Waals surface area contributed by atoms with E-state index >= 15 is 0 Å². The van der Waals surface area contributed by atoms with E-state index in [9.17, 15) is 4.79 Å². The van der Waals surface area contributed by atoms with Gasteiger partial charge in [0.05, 0.1) is 0 Å². The first-order chi connectivity index (χ1) is 13.2. The second kappa shape index (κ2) is 10.0. The number of likely N-dealkylation sites (tertiary alicyclic amines) is 1. The first-order valence-corrected chi connectivity index (χ1v) is 10.9. The topological polar surface area (TPSA) is 49.6 Å². The standard InChI is InChI=1S/C22H31N3OS/c1-18(23)6-11-24-12-7-22(8-13-24)25(16-20-10-15-27-17-20)21-4-2-19(3-5-21)9-14-26/h2-5,10,14-15,17-18,22H,6-9,11-13,16,23H2,1H3/t18-/m1/s1. The molecule has 3 rings (SSSR count). The third-order valence-electron chi connectivity index (χ3n) is 5.42. The smallest absolute Gasteiger partial charge is 0.124 e. The van der Waals surface area contributed by atoms with Crippen LogP contribution in [0.2, 0.25) is 0 Å². The summed E-state index contributed by atoms with van der Waals surface area (Å²) in [7, 11) is 0. The van der Waals surface area contributed by atoms with E-state index < -0.39 is 0 Å². The van der Waals surface area contributed by atoms with E-state index in [1.807, 2.05) is 0 Å². The van der Waals surface area contributed by atoms with Gasteiger partial charge in [-0.15, -0.1) is 0 Å². The number of thiophene rings is 1. The van der Waals surface area contributed by atoms with Crippen molar-refractivity contribution < 1.29 is 4.79 Å². The second-order valence-corrected chi connectivity index (χ2v) is 8.42. The molecule has 0 spiro atoms. The van der Waals surface area contributed by atoms with E-state index in [1.54, 1.807) is 11.3 Å². The van der Waals surface area contributed by atoms with Gasteiger partial charge in [0.25, 0.3) is 0 Å². The average Bonchev–Trinajstić information content (AvgIpc) is 3.19. The van der Waals surface area contributed by atoms with Gasteiger partial charge in [0.2, 0.25) is 0 Å². The van der Waals surface area contributed by atoms with Crippen molar-refractivity contribution in [1.29, 1.82) is 0 Å². The molecule has 0 unspecified atom stereocenters. The molecule has 146 valence electrons. The molecule has 27 heavy (non-hydrogen) atoms. The van der Waals surface area contributed by atoms with Gasteiger partial charge in [-0.25, -0.2) is 0 Å². The third-order valence-corrected chi connectivity index (χ3v) is 6.15. The maximum atomic E-state index is 10.8. The van der Waals surface area contributed by atoms with Crippen molar-refractivity contribution in [3.05, 3.63) is 52.2 Å². The number of hydrogen-bond acceptors (Lipinski definition) is 5. The van der Waals surface area contributed by atoms with Crippen LogP contribution in [0.3, 0.4) is 0 Å². The molecule has 4 nitrogen and oxygen atoms in total. The van der Waals surface area contributed by atoms with Crippen LogP contribution in [0.15, 0.2) is 41.1 Å². The first kappa shape index (κ1) is 20.1. The lowest BCUT2D eigenvalue weighted by atomic mass is 10.0. The van der Waals surface area contributed by atoms with E-state index in [0.717, 1.165) is 44.4 Å². The number of anilines is 1. The molecule has 2 heterocycles. The normalized spacial score (nSPS) is 17.0. The zero-order valence-corrected chi connectivity index (χ0v) is 17.0. The predicted molar refractivity (Wildman–Crippen MR) is 114 cm³/mol. The molecule has 0 amide bonds. The lowest BCUT2D eigenvalue weighted by molar-refractivity contribution is -0.107. The van der Waals surface area contributed by atoms with Crippen LogP contribution >= 0.6 is 11.3 Å². The van der Waals surface area contributed by atoms with E-state index in [0.29, 0.717) is 12.5 Å². The zero-order chi connectivity index (χ0) is 19.1. The summed E-state index contributed by atoms with van der Waals surface area (Å²) < 4.78 is 0. The number of rotatable bonds is 9. The fourth-order valence-corrected chi connectivity index (χ4v) is 4.43. The van der Waals surface area contributed by atoms with Gasteiger partial charge < -0.3 is 20.3 Å².